The molecule has 1 fully saturated rings. The van der Waals surface area contributed by atoms with E-state index in [1.54, 1.807) is 0 Å². The molecule has 1 N–H and O–H groups in total. The summed E-state index contributed by atoms with van der Waals surface area (Å²) in [6, 6.07) is 0. The molecule has 0 bridgehead atoms. The fraction of sp³-hybridized carbons (Fsp3) is 0.917. The standard InChI is InChI=1S/C12H24N2O2/c1-5-12(3,4)13-11(15)9-14-6-7-16-10(2)8-14/h10H,5-9H2,1-4H3,(H,13,15). The molecule has 1 rings (SSSR count). The van der Waals surface area contributed by atoms with Crippen LogP contribution in [0, 0.1) is 0 Å². The first-order chi connectivity index (χ1) is 7.43. The molecule has 0 saturated carbocycles. The highest BCUT2D eigenvalue weighted by Crippen LogP contribution is 2.08. The number of hydrogen-bond acceptors (Lipinski definition) is 3. The molecule has 0 spiro atoms. The van der Waals surface area contributed by atoms with Gasteiger partial charge in [-0.05, 0) is 27.2 Å². The van der Waals surface area contributed by atoms with E-state index in [1.165, 1.54) is 0 Å². The molecule has 1 atom stereocenters. The number of carbonyl (C=O) groups excluding carboxylic acids is 1. The van der Waals surface area contributed by atoms with Crippen LogP contribution in [0.5, 0.6) is 0 Å². The fourth-order valence-corrected chi connectivity index (χ4v) is 1.74. The maximum Gasteiger partial charge on any atom is 0.234 e. The van der Waals surface area contributed by atoms with Crippen molar-refractivity contribution in [3.63, 3.8) is 0 Å². The quantitative estimate of drug-likeness (QED) is 0.781. The first-order valence-corrected chi connectivity index (χ1v) is 6.08. The normalized spacial score (nSPS) is 23.1. The first kappa shape index (κ1) is 13.5. The largest absolute Gasteiger partial charge is 0.376 e. The zero-order valence-electron chi connectivity index (χ0n) is 10.9. The summed E-state index contributed by atoms with van der Waals surface area (Å²) in [5, 5.41) is 3.05. The molecule has 4 heteroatoms. The third-order valence-electron chi connectivity index (χ3n) is 3.05. The van der Waals surface area contributed by atoms with Gasteiger partial charge < -0.3 is 10.1 Å². The Morgan fingerprint density at radius 3 is 2.81 bits per heavy atom. The maximum atomic E-state index is 11.8. The monoisotopic (exact) mass is 228 g/mol. The van der Waals surface area contributed by atoms with Crippen molar-refractivity contribution in [1.29, 1.82) is 0 Å². The van der Waals surface area contributed by atoms with Crippen LogP contribution in [0.25, 0.3) is 0 Å². The van der Waals surface area contributed by atoms with E-state index in [0.29, 0.717) is 6.54 Å². The predicted octanol–water partition coefficient (Wildman–Crippen LogP) is 1.01. The van der Waals surface area contributed by atoms with Crippen LogP contribution >= 0.6 is 0 Å². The molecule has 4 nitrogen and oxygen atoms in total. The zero-order chi connectivity index (χ0) is 12.2. The zero-order valence-corrected chi connectivity index (χ0v) is 10.9. The first-order valence-electron chi connectivity index (χ1n) is 6.08. The van der Waals surface area contributed by atoms with Crippen LogP contribution in [0.15, 0.2) is 0 Å². The molecular formula is C12H24N2O2. The fourth-order valence-electron chi connectivity index (χ4n) is 1.74. The van der Waals surface area contributed by atoms with Crippen LogP contribution in [0.4, 0.5) is 0 Å². The van der Waals surface area contributed by atoms with Gasteiger partial charge >= 0.3 is 0 Å². The van der Waals surface area contributed by atoms with Crippen LogP contribution in [-0.2, 0) is 9.53 Å². The van der Waals surface area contributed by atoms with E-state index in [0.717, 1.165) is 26.1 Å². The second-order valence-electron chi connectivity index (χ2n) is 5.20. The lowest BCUT2D eigenvalue weighted by atomic mass is 10.0. The summed E-state index contributed by atoms with van der Waals surface area (Å²) in [6.45, 7) is 11.1. The van der Waals surface area contributed by atoms with Gasteiger partial charge in [0.15, 0.2) is 0 Å². The summed E-state index contributed by atoms with van der Waals surface area (Å²) in [4.78, 5) is 13.9. The SMILES string of the molecule is CCC(C)(C)NC(=O)CN1CCOC(C)C1. The second kappa shape index (κ2) is 5.64. The van der Waals surface area contributed by atoms with E-state index in [9.17, 15) is 4.79 Å². The number of amides is 1. The van der Waals surface area contributed by atoms with Crippen LogP contribution in [0.3, 0.4) is 0 Å². The molecule has 0 aromatic rings. The molecule has 1 aliphatic rings. The van der Waals surface area contributed by atoms with Gasteiger partial charge in [-0.25, -0.2) is 0 Å². The van der Waals surface area contributed by atoms with Gasteiger partial charge in [0.1, 0.15) is 0 Å². The Balaban J connectivity index is 2.33. The Hall–Kier alpha value is -0.610. The summed E-state index contributed by atoms with van der Waals surface area (Å²) in [6.07, 6.45) is 1.18. The van der Waals surface area contributed by atoms with Gasteiger partial charge in [0.2, 0.25) is 5.91 Å². The third kappa shape index (κ3) is 4.49. The second-order valence-corrected chi connectivity index (χ2v) is 5.20. The van der Waals surface area contributed by atoms with Gasteiger partial charge in [-0.15, -0.1) is 0 Å². The number of hydrogen-bond donors (Lipinski definition) is 1. The van der Waals surface area contributed by atoms with E-state index in [4.69, 9.17) is 4.74 Å². The number of morpholine rings is 1. The van der Waals surface area contributed by atoms with Gasteiger partial charge in [0.05, 0.1) is 19.3 Å². The van der Waals surface area contributed by atoms with E-state index >= 15 is 0 Å². The summed E-state index contributed by atoms with van der Waals surface area (Å²) in [7, 11) is 0. The van der Waals surface area contributed by atoms with Gasteiger partial charge in [-0.1, -0.05) is 6.92 Å². The molecule has 0 aromatic heterocycles. The molecule has 16 heavy (non-hydrogen) atoms. The molecule has 94 valence electrons. The number of rotatable bonds is 4. The van der Waals surface area contributed by atoms with Crippen molar-refractivity contribution < 1.29 is 9.53 Å². The molecule has 1 heterocycles. The van der Waals surface area contributed by atoms with Gasteiger partial charge in [-0.3, -0.25) is 9.69 Å². The molecular weight excluding hydrogens is 204 g/mol. The van der Waals surface area contributed by atoms with Gasteiger partial charge in [0, 0.05) is 18.6 Å². The molecule has 0 radical (unpaired) electrons. The van der Waals surface area contributed by atoms with Crippen LogP contribution in [0.2, 0.25) is 0 Å². The topological polar surface area (TPSA) is 41.6 Å². The minimum absolute atomic E-state index is 0.102. The van der Waals surface area contributed by atoms with Crippen molar-refractivity contribution in [3.05, 3.63) is 0 Å². The molecule has 1 amide bonds. The smallest absolute Gasteiger partial charge is 0.234 e. The Kier molecular flexibility index (Phi) is 4.74. The summed E-state index contributed by atoms with van der Waals surface area (Å²) in [5.74, 6) is 0.112. The number of carbonyl (C=O) groups is 1. The Morgan fingerprint density at radius 2 is 2.25 bits per heavy atom. The lowest BCUT2D eigenvalue weighted by Gasteiger charge is -2.32. The Bertz CT molecular complexity index is 241. The average molecular weight is 228 g/mol. The van der Waals surface area contributed by atoms with Crippen LogP contribution in [0.1, 0.15) is 34.1 Å². The van der Waals surface area contributed by atoms with E-state index in [1.807, 2.05) is 20.8 Å². The summed E-state index contributed by atoms with van der Waals surface area (Å²) in [5.41, 5.74) is -0.102. The van der Waals surface area contributed by atoms with E-state index < -0.39 is 0 Å². The van der Waals surface area contributed by atoms with Gasteiger partial charge in [0.25, 0.3) is 0 Å². The van der Waals surface area contributed by atoms with Crippen molar-refractivity contribution in [1.82, 2.24) is 10.2 Å². The molecule has 0 aromatic carbocycles. The highest BCUT2D eigenvalue weighted by molar-refractivity contribution is 5.78. The van der Waals surface area contributed by atoms with Crippen molar-refractivity contribution in [3.8, 4) is 0 Å². The third-order valence-corrected chi connectivity index (χ3v) is 3.05. The number of ether oxygens (including phenoxy) is 1. The van der Waals surface area contributed by atoms with Crippen molar-refractivity contribution >= 4 is 5.91 Å². The average Bonchev–Trinajstić information content (AvgIpc) is 2.16. The van der Waals surface area contributed by atoms with Crippen LogP contribution in [-0.4, -0.2) is 48.7 Å². The minimum atomic E-state index is -0.102. The highest BCUT2D eigenvalue weighted by atomic mass is 16.5. The van der Waals surface area contributed by atoms with Crippen molar-refractivity contribution in [2.45, 2.75) is 45.8 Å². The summed E-state index contributed by atoms with van der Waals surface area (Å²) >= 11 is 0. The van der Waals surface area contributed by atoms with Crippen molar-refractivity contribution in [2.24, 2.45) is 0 Å². The molecule has 1 saturated heterocycles. The van der Waals surface area contributed by atoms with E-state index in [-0.39, 0.29) is 17.6 Å². The lowest BCUT2D eigenvalue weighted by Crippen LogP contribution is -2.50. The molecule has 1 aliphatic heterocycles. The van der Waals surface area contributed by atoms with Crippen LogP contribution < -0.4 is 5.32 Å². The summed E-state index contributed by atoms with van der Waals surface area (Å²) < 4.78 is 5.44. The Labute approximate surface area is 98.3 Å². The van der Waals surface area contributed by atoms with Gasteiger partial charge in [-0.2, -0.15) is 0 Å². The van der Waals surface area contributed by atoms with Crippen molar-refractivity contribution in [2.75, 3.05) is 26.2 Å². The molecule has 1 unspecified atom stereocenters. The highest BCUT2D eigenvalue weighted by Gasteiger charge is 2.22. The lowest BCUT2D eigenvalue weighted by molar-refractivity contribution is -0.125. The Morgan fingerprint density at radius 1 is 1.56 bits per heavy atom. The van der Waals surface area contributed by atoms with E-state index in [2.05, 4.69) is 17.1 Å². The number of nitrogens with one attached hydrogen (secondary N) is 1. The maximum absolute atomic E-state index is 11.8. The number of nitrogens with zero attached hydrogens (tertiary/aromatic N) is 1. The minimum Gasteiger partial charge on any atom is -0.376 e. The molecule has 0 aliphatic carbocycles. The predicted molar refractivity (Wildman–Crippen MR) is 64.4 cm³/mol.